The van der Waals surface area contributed by atoms with E-state index in [-0.39, 0.29) is 6.10 Å². The lowest BCUT2D eigenvalue weighted by Crippen LogP contribution is -2.16. The Morgan fingerprint density at radius 1 is 1.06 bits per heavy atom. The van der Waals surface area contributed by atoms with Crippen LogP contribution in [0.25, 0.3) is 0 Å². The number of hydrogen-bond acceptors (Lipinski definition) is 1. The molecule has 0 aliphatic heterocycles. The zero-order valence-corrected chi connectivity index (χ0v) is 11.8. The SMILES string of the molecule is CC(C)Oc1ccc(C#C[Si](C)(C)C)cc1. The van der Waals surface area contributed by atoms with Crippen molar-refractivity contribution < 1.29 is 4.74 Å². The molecule has 0 N–H and O–H groups in total. The molecule has 0 atom stereocenters. The summed E-state index contributed by atoms with van der Waals surface area (Å²) in [4.78, 5) is 0. The Kier molecular flexibility index (Phi) is 4.20. The summed E-state index contributed by atoms with van der Waals surface area (Å²) in [7, 11) is -1.27. The molecule has 0 radical (unpaired) electrons. The number of hydrogen-bond donors (Lipinski definition) is 0. The molecule has 86 valence electrons. The van der Waals surface area contributed by atoms with E-state index in [1.165, 1.54) is 0 Å². The van der Waals surface area contributed by atoms with Gasteiger partial charge in [-0.3, -0.25) is 0 Å². The lowest BCUT2D eigenvalue weighted by Gasteiger charge is -2.09. The highest BCUT2D eigenvalue weighted by atomic mass is 28.3. The molecular weight excluding hydrogens is 212 g/mol. The second-order valence-electron chi connectivity index (χ2n) is 5.19. The van der Waals surface area contributed by atoms with E-state index in [0.717, 1.165) is 11.3 Å². The van der Waals surface area contributed by atoms with Gasteiger partial charge in [0.1, 0.15) is 13.8 Å². The Balaban J connectivity index is 2.75. The molecule has 0 heterocycles. The van der Waals surface area contributed by atoms with E-state index >= 15 is 0 Å². The van der Waals surface area contributed by atoms with Gasteiger partial charge in [0.25, 0.3) is 0 Å². The normalized spacial score (nSPS) is 10.9. The van der Waals surface area contributed by atoms with E-state index in [4.69, 9.17) is 4.74 Å². The zero-order valence-electron chi connectivity index (χ0n) is 10.8. The molecule has 1 aromatic carbocycles. The first-order chi connectivity index (χ1) is 7.37. The predicted octanol–water partition coefficient (Wildman–Crippen LogP) is 3.70. The van der Waals surface area contributed by atoms with Crippen LogP contribution in [-0.4, -0.2) is 14.2 Å². The molecule has 1 nitrogen and oxygen atoms in total. The average Bonchev–Trinajstić information content (AvgIpc) is 2.14. The van der Waals surface area contributed by atoms with Crippen molar-refractivity contribution in [3.8, 4) is 17.2 Å². The van der Waals surface area contributed by atoms with Gasteiger partial charge in [0.15, 0.2) is 0 Å². The topological polar surface area (TPSA) is 9.23 Å². The minimum absolute atomic E-state index is 0.221. The monoisotopic (exact) mass is 232 g/mol. The molecule has 0 fully saturated rings. The van der Waals surface area contributed by atoms with Crippen molar-refractivity contribution in [2.45, 2.75) is 39.6 Å². The first kappa shape index (κ1) is 12.9. The minimum Gasteiger partial charge on any atom is -0.491 e. The summed E-state index contributed by atoms with van der Waals surface area (Å²) in [5.74, 6) is 4.13. The van der Waals surface area contributed by atoms with Crippen molar-refractivity contribution in [3.63, 3.8) is 0 Å². The standard InChI is InChI=1S/C14H20OSi/c1-12(2)15-14-8-6-13(7-9-14)10-11-16(3,4)5/h6-9,12H,1-5H3. The van der Waals surface area contributed by atoms with Gasteiger partial charge in [-0.25, -0.2) is 0 Å². The maximum atomic E-state index is 5.58. The van der Waals surface area contributed by atoms with Crippen LogP contribution in [0.5, 0.6) is 5.75 Å². The molecule has 1 aromatic rings. The third kappa shape index (κ3) is 5.04. The summed E-state index contributed by atoms with van der Waals surface area (Å²) >= 11 is 0. The maximum Gasteiger partial charge on any atom is 0.129 e. The molecule has 1 rings (SSSR count). The molecule has 0 amide bonds. The molecular formula is C14H20OSi. The third-order valence-corrected chi connectivity index (χ3v) is 2.68. The number of benzene rings is 1. The second-order valence-corrected chi connectivity index (χ2v) is 9.94. The molecule has 0 saturated carbocycles. The lowest BCUT2D eigenvalue weighted by atomic mass is 10.2. The third-order valence-electron chi connectivity index (χ3n) is 1.81. The fourth-order valence-electron chi connectivity index (χ4n) is 1.15. The van der Waals surface area contributed by atoms with Gasteiger partial charge in [-0.15, -0.1) is 5.54 Å². The van der Waals surface area contributed by atoms with Crippen LogP contribution in [-0.2, 0) is 0 Å². The van der Waals surface area contributed by atoms with E-state index < -0.39 is 8.07 Å². The van der Waals surface area contributed by atoms with Gasteiger partial charge in [0.05, 0.1) is 6.10 Å². The van der Waals surface area contributed by atoms with Crippen LogP contribution in [0.3, 0.4) is 0 Å². The molecule has 0 aliphatic rings. The smallest absolute Gasteiger partial charge is 0.129 e. The van der Waals surface area contributed by atoms with E-state index in [9.17, 15) is 0 Å². The molecule has 0 spiro atoms. The van der Waals surface area contributed by atoms with Crippen molar-refractivity contribution in [1.29, 1.82) is 0 Å². The summed E-state index contributed by atoms with van der Waals surface area (Å²) < 4.78 is 5.58. The molecule has 0 unspecified atom stereocenters. The number of ether oxygens (including phenoxy) is 1. The minimum atomic E-state index is -1.27. The summed E-state index contributed by atoms with van der Waals surface area (Å²) in [5.41, 5.74) is 4.41. The summed E-state index contributed by atoms with van der Waals surface area (Å²) in [6.45, 7) is 10.8. The largest absolute Gasteiger partial charge is 0.491 e. The first-order valence-corrected chi connectivity index (χ1v) is 9.17. The predicted molar refractivity (Wildman–Crippen MR) is 72.4 cm³/mol. The van der Waals surface area contributed by atoms with E-state index in [2.05, 4.69) is 31.1 Å². The Hall–Kier alpha value is -1.20. The lowest BCUT2D eigenvalue weighted by molar-refractivity contribution is 0.242. The van der Waals surface area contributed by atoms with Gasteiger partial charge in [0, 0.05) is 5.56 Å². The zero-order chi connectivity index (χ0) is 12.2. The van der Waals surface area contributed by atoms with Crippen molar-refractivity contribution >= 4 is 8.07 Å². The molecule has 0 aliphatic carbocycles. The summed E-state index contributed by atoms with van der Waals surface area (Å²) in [5, 5.41) is 0. The van der Waals surface area contributed by atoms with E-state index in [0.29, 0.717) is 0 Å². The van der Waals surface area contributed by atoms with Crippen LogP contribution in [0.2, 0.25) is 19.6 Å². The van der Waals surface area contributed by atoms with E-state index in [1.54, 1.807) is 0 Å². The Morgan fingerprint density at radius 3 is 2.06 bits per heavy atom. The highest BCUT2D eigenvalue weighted by Crippen LogP contribution is 2.13. The first-order valence-electron chi connectivity index (χ1n) is 5.67. The van der Waals surface area contributed by atoms with Gasteiger partial charge in [-0.2, -0.15) is 0 Å². The summed E-state index contributed by atoms with van der Waals surface area (Å²) in [6, 6.07) is 8.00. The maximum absolute atomic E-state index is 5.58. The molecule has 0 saturated heterocycles. The van der Waals surface area contributed by atoms with Crippen LogP contribution in [0, 0.1) is 11.5 Å². The van der Waals surface area contributed by atoms with Gasteiger partial charge in [0.2, 0.25) is 0 Å². The number of rotatable bonds is 2. The van der Waals surface area contributed by atoms with Crippen LogP contribution in [0.15, 0.2) is 24.3 Å². The van der Waals surface area contributed by atoms with Crippen LogP contribution < -0.4 is 4.74 Å². The van der Waals surface area contributed by atoms with Crippen LogP contribution in [0.4, 0.5) is 0 Å². The average molecular weight is 232 g/mol. The van der Waals surface area contributed by atoms with Crippen molar-refractivity contribution in [2.75, 3.05) is 0 Å². The summed E-state index contributed by atoms with van der Waals surface area (Å²) in [6.07, 6.45) is 0.221. The van der Waals surface area contributed by atoms with E-state index in [1.807, 2.05) is 38.1 Å². The Labute approximate surface area is 99.8 Å². The molecule has 2 heteroatoms. The van der Waals surface area contributed by atoms with Crippen molar-refractivity contribution in [3.05, 3.63) is 29.8 Å². The molecule has 0 bridgehead atoms. The molecule has 16 heavy (non-hydrogen) atoms. The van der Waals surface area contributed by atoms with Gasteiger partial charge in [-0.1, -0.05) is 25.6 Å². The second kappa shape index (κ2) is 5.22. The fraction of sp³-hybridized carbons (Fsp3) is 0.429. The van der Waals surface area contributed by atoms with Crippen molar-refractivity contribution in [2.24, 2.45) is 0 Å². The van der Waals surface area contributed by atoms with Gasteiger partial charge < -0.3 is 4.74 Å². The van der Waals surface area contributed by atoms with Crippen molar-refractivity contribution in [1.82, 2.24) is 0 Å². The van der Waals surface area contributed by atoms with Gasteiger partial charge >= 0.3 is 0 Å². The molecule has 0 aromatic heterocycles. The fourth-order valence-corrected chi connectivity index (χ4v) is 1.67. The van der Waals surface area contributed by atoms with Crippen LogP contribution in [0.1, 0.15) is 19.4 Å². The quantitative estimate of drug-likeness (QED) is 0.558. The highest BCUT2D eigenvalue weighted by Gasteiger charge is 2.07. The van der Waals surface area contributed by atoms with Gasteiger partial charge in [-0.05, 0) is 38.1 Å². The van der Waals surface area contributed by atoms with Crippen LogP contribution >= 0.6 is 0 Å². The Bertz CT molecular complexity index is 387. The highest BCUT2D eigenvalue weighted by molar-refractivity contribution is 6.83. The Morgan fingerprint density at radius 2 is 1.62 bits per heavy atom.